The Morgan fingerprint density at radius 1 is 1.26 bits per heavy atom. The molecule has 9 heteroatoms. The van der Waals surface area contributed by atoms with Crippen molar-refractivity contribution in [1.29, 1.82) is 0 Å². The summed E-state index contributed by atoms with van der Waals surface area (Å²) in [6, 6.07) is 6.14. The number of nitro groups is 1. The third-order valence-corrected chi connectivity index (χ3v) is 7.05. The van der Waals surface area contributed by atoms with Crippen molar-refractivity contribution in [2.24, 2.45) is 5.92 Å². The first-order valence-electron chi connectivity index (χ1n) is 10.6. The van der Waals surface area contributed by atoms with Crippen molar-refractivity contribution >= 4 is 27.2 Å². The number of rotatable bonds is 5. The van der Waals surface area contributed by atoms with Crippen LogP contribution in [0.1, 0.15) is 29.6 Å². The number of hydrogen-bond donors (Lipinski definition) is 0. The first kappa shape index (κ1) is 20.3. The fraction of sp³-hybridized carbons (Fsp3) is 0.455. The van der Waals surface area contributed by atoms with E-state index in [1.54, 1.807) is 23.5 Å². The predicted molar refractivity (Wildman–Crippen MR) is 118 cm³/mol. The van der Waals surface area contributed by atoms with E-state index >= 15 is 0 Å². The first-order chi connectivity index (χ1) is 15.1. The Balaban J connectivity index is 1.53. The maximum atomic E-state index is 11.0. The lowest BCUT2D eigenvalue weighted by molar-refractivity contribution is -0.384. The molecular formula is C22H24N4O4S. The zero-order valence-electron chi connectivity index (χ0n) is 17.4. The summed E-state index contributed by atoms with van der Waals surface area (Å²) in [5.74, 6) is 2.49. The van der Waals surface area contributed by atoms with Gasteiger partial charge in [-0.2, -0.15) is 4.98 Å². The lowest BCUT2D eigenvalue weighted by atomic mass is 9.89. The van der Waals surface area contributed by atoms with Gasteiger partial charge in [-0.15, -0.1) is 11.3 Å². The van der Waals surface area contributed by atoms with E-state index in [4.69, 9.17) is 19.4 Å². The predicted octanol–water partition coefficient (Wildman–Crippen LogP) is 4.35. The van der Waals surface area contributed by atoms with E-state index < -0.39 is 4.92 Å². The monoisotopic (exact) mass is 440 g/mol. The highest BCUT2D eigenvalue weighted by Gasteiger charge is 2.25. The molecule has 2 aliphatic rings. The topological polar surface area (TPSA) is 90.6 Å². The number of benzene rings is 1. The minimum absolute atomic E-state index is 0.0371. The smallest absolute Gasteiger partial charge is 0.269 e. The van der Waals surface area contributed by atoms with Crippen molar-refractivity contribution in [1.82, 2.24) is 14.9 Å². The van der Waals surface area contributed by atoms with Crippen LogP contribution < -0.4 is 4.74 Å². The van der Waals surface area contributed by atoms with Gasteiger partial charge in [0.15, 0.2) is 0 Å². The number of non-ortho nitro benzene ring substituents is 1. The third-order valence-electron chi connectivity index (χ3n) is 5.90. The van der Waals surface area contributed by atoms with Gasteiger partial charge in [0.05, 0.1) is 30.1 Å². The SMILES string of the molecule is C[C@@H]1CCc2c(sc3nc(CN4CCOCC4)nc(Oc4ccc([N+](=O)[O-])cc4)c23)C1. The summed E-state index contributed by atoms with van der Waals surface area (Å²) in [6.45, 7) is 6.10. The molecule has 2 aromatic heterocycles. The molecule has 0 unspecified atom stereocenters. The summed E-state index contributed by atoms with van der Waals surface area (Å²) in [5.41, 5.74) is 1.34. The van der Waals surface area contributed by atoms with Crippen LogP contribution in [0.25, 0.3) is 10.2 Å². The van der Waals surface area contributed by atoms with Gasteiger partial charge in [-0.25, -0.2) is 4.98 Å². The third kappa shape index (κ3) is 4.26. The highest BCUT2D eigenvalue weighted by Crippen LogP contribution is 2.42. The average Bonchev–Trinajstić information content (AvgIpc) is 3.12. The number of morpholine rings is 1. The van der Waals surface area contributed by atoms with Crippen molar-refractivity contribution < 1.29 is 14.4 Å². The molecule has 31 heavy (non-hydrogen) atoms. The van der Waals surface area contributed by atoms with Crippen molar-refractivity contribution in [3.8, 4) is 11.6 Å². The van der Waals surface area contributed by atoms with E-state index in [1.165, 1.54) is 22.6 Å². The van der Waals surface area contributed by atoms with Crippen LogP contribution in [0.3, 0.4) is 0 Å². The van der Waals surface area contributed by atoms with Gasteiger partial charge in [0.2, 0.25) is 5.88 Å². The second kappa shape index (κ2) is 8.49. The fourth-order valence-electron chi connectivity index (χ4n) is 4.20. The average molecular weight is 441 g/mol. The van der Waals surface area contributed by atoms with Crippen molar-refractivity contribution in [2.75, 3.05) is 26.3 Å². The van der Waals surface area contributed by atoms with Gasteiger partial charge in [-0.1, -0.05) is 6.92 Å². The highest BCUT2D eigenvalue weighted by molar-refractivity contribution is 7.18. The molecule has 0 radical (unpaired) electrons. The minimum atomic E-state index is -0.413. The number of aromatic nitrogens is 2. The Morgan fingerprint density at radius 3 is 2.77 bits per heavy atom. The number of ether oxygens (including phenoxy) is 2. The molecule has 1 aliphatic carbocycles. The van der Waals surface area contributed by atoms with E-state index in [1.807, 2.05) is 0 Å². The van der Waals surface area contributed by atoms with Crippen LogP contribution in [0.5, 0.6) is 11.6 Å². The van der Waals surface area contributed by atoms with Gasteiger partial charge in [0, 0.05) is 30.1 Å². The van der Waals surface area contributed by atoms with Crippen molar-refractivity contribution in [2.45, 2.75) is 32.7 Å². The fourth-order valence-corrected chi connectivity index (χ4v) is 5.59. The van der Waals surface area contributed by atoms with E-state index in [9.17, 15) is 10.1 Å². The molecule has 162 valence electrons. The molecule has 0 amide bonds. The van der Waals surface area contributed by atoms with Gasteiger partial charge in [-0.3, -0.25) is 15.0 Å². The number of nitro benzene ring substituents is 1. The number of thiophene rings is 1. The molecule has 0 bridgehead atoms. The van der Waals surface area contributed by atoms with E-state index in [-0.39, 0.29) is 5.69 Å². The van der Waals surface area contributed by atoms with Gasteiger partial charge < -0.3 is 9.47 Å². The maximum absolute atomic E-state index is 11.0. The van der Waals surface area contributed by atoms with Crippen molar-refractivity contribution in [3.05, 3.63) is 50.6 Å². The molecule has 0 N–H and O–H groups in total. The zero-order chi connectivity index (χ0) is 21.4. The second-order valence-corrected chi connectivity index (χ2v) is 9.30. The second-order valence-electron chi connectivity index (χ2n) is 8.22. The summed E-state index contributed by atoms with van der Waals surface area (Å²) >= 11 is 1.75. The first-order valence-corrected chi connectivity index (χ1v) is 11.4. The summed E-state index contributed by atoms with van der Waals surface area (Å²) in [7, 11) is 0. The lowest BCUT2D eigenvalue weighted by Crippen LogP contribution is -2.36. The Bertz CT molecular complexity index is 1110. The Labute approximate surface area is 184 Å². The Hall–Kier alpha value is -2.62. The quantitative estimate of drug-likeness (QED) is 0.430. The summed E-state index contributed by atoms with van der Waals surface area (Å²) in [4.78, 5) is 24.9. The molecule has 0 spiro atoms. The molecule has 5 rings (SSSR count). The highest BCUT2D eigenvalue weighted by atomic mass is 32.1. The number of hydrogen-bond acceptors (Lipinski definition) is 8. The Morgan fingerprint density at radius 2 is 2.03 bits per heavy atom. The number of aryl methyl sites for hydroxylation is 1. The molecule has 1 aromatic carbocycles. The minimum Gasteiger partial charge on any atom is -0.438 e. The molecule has 1 fully saturated rings. The molecule has 0 saturated carbocycles. The molecule has 8 nitrogen and oxygen atoms in total. The van der Waals surface area contributed by atoms with Gasteiger partial charge in [0.1, 0.15) is 16.4 Å². The molecule has 3 aromatic rings. The van der Waals surface area contributed by atoms with Crippen LogP contribution in [-0.2, 0) is 24.1 Å². The van der Waals surface area contributed by atoms with Crippen LogP contribution in [0, 0.1) is 16.0 Å². The number of fused-ring (bicyclic) bond motifs is 3. The van der Waals surface area contributed by atoms with Crippen molar-refractivity contribution in [3.63, 3.8) is 0 Å². The molecular weight excluding hydrogens is 416 g/mol. The molecule has 1 atom stereocenters. The molecule has 1 aliphatic heterocycles. The summed E-state index contributed by atoms with van der Waals surface area (Å²) < 4.78 is 11.6. The van der Waals surface area contributed by atoms with E-state index in [2.05, 4.69) is 11.8 Å². The molecule has 3 heterocycles. The van der Waals surface area contributed by atoms with Gasteiger partial charge >= 0.3 is 0 Å². The van der Waals surface area contributed by atoms with Crippen LogP contribution >= 0.6 is 11.3 Å². The maximum Gasteiger partial charge on any atom is 0.269 e. The van der Waals surface area contributed by atoms with Gasteiger partial charge in [0.25, 0.3) is 5.69 Å². The van der Waals surface area contributed by atoms with E-state index in [0.29, 0.717) is 24.1 Å². The number of nitrogens with zero attached hydrogens (tertiary/aromatic N) is 4. The lowest BCUT2D eigenvalue weighted by Gasteiger charge is -2.25. The van der Waals surface area contributed by atoms with Crippen LogP contribution in [-0.4, -0.2) is 46.1 Å². The van der Waals surface area contributed by atoms with Crippen LogP contribution in [0.15, 0.2) is 24.3 Å². The standard InChI is InChI=1S/C22H24N4O4S/c1-14-2-7-17-18(12-14)31-22-20(17)21(30-16-5-3-15(4-6-16)26(27)28)23-19(24-22)13-25-8-10-29-11-9-25/h3-6,14H,2,7-13H2,1H3/t14-/m1/s1. The largest absolute Gasteiger partial charge is 0.438 e. The summed E-state index contributed by atoms with van der Waals surface area (Å²) in [6.07, 6.45) is 3.21. The Kier molecular flexibility index (Phi) is 5.56. The normalized spacial score (nSPS) is 19.3. The van der Waals surface area contributed by atoms with Crippen LogP contribution in [0.4, 0.5) is 5.69 Å². The van der Waals surface area contributed by atoms with Gasteiger partial charge in [-0.05, 0) is 42.9 Å². The van der Waals surface area contributed by atoms with E-state index in [0.717, 1.165) is 61.6 Å². The van der Waals surface area contributed by atoms with Crippen LogP contribution in [0.2, 0.25) is 0 Å². The zero-order valence-corrected chi connectivity index (χ0v) is 18.2. The molecule has 1 saturated heterocycles. The summed E-state index contributed by atoms with van der Waals surface area (Å²) in [5, 5.41) is 12.0.